The summed E-state index contributed by atoms with van der Waals surface area (Å²) in [6.07, 6.45) is 14.8. The fourth-order valence-electron chi connectivity index (χ4n) is 4.87. The molecule has 1 heteroatoms. The first-order valence-electron chi connectivity index (χ1n) is 10.0. The Morgan fingerprint density at radius 1 is 1.04 bits per heavy atom. The Morgan fingerprint density at radius 2 is 1.91 bits per heavy atom. The highest BCUT2D eigenvalue weighted by Crippen LogP contribution is 2.38. The Balaban J connectivity index is 1.64. The lowest BCUT2D eigenvalue weighted by Crippen LogP contribution is -2.16. The number of rotatable bonds is 6. The van der Waals surface area contributed by atoms with Gasteiger partial charge in [-0.1, -0.05) is 51.2 Å². The van der Waals surface area contributed by atoms with Crippen LogP contribution in [0.15, 0.2) is 12.1 Å². The molecule has 0 saturated heterocycles. The van der Waals surface area contributed by atoms with Crippen LogP contribution in [0.5, 0.6) is 0 Å². The first kappa shape index (κ1) is 17.0. The van der Waals surface area contributed by atoms with Crippen LogP contribution in [0.1, 0.15) is 92.9 Å². The van der Waals surface area contributed by atoms with Crippen molar-refractivity contribution >= 4 is 0 Å². The van der Waals surface area contributed by atoms with E-state index in [1.54, 1.807) is 16.7 Å². The molecule has 0 amide bonds. The fourth-order valence-corrected chi connectivity index (χ4v) is 4.87. The lowest BCUT2D eigenvalue weighted by molar-refractivity contribution is 0.405. The van der Waals surface area contributed by atoms with Crippen molar-refractivity contribution in [3.63, 3.8) is 0 Å². The highest BCUT2D eigenvalue weighted by Gasteiger charge is 2.26. The van der Waals surface area contributed by atoms with Gasteiger partial charge in [0.15, 0.2) is 0 Å². The van der Waals surface area contributed by atoms with Crippen LogP contribution in [0.3, 0.4) is 0 Å². The minimum Gasteiger partial charge on any atom is -0.328 e. The van der Waals surface area contributed by atoms with E-state index in [2.05, 4.69) is 26.0 Å². The predicted octanol–water partition coefficient (Wildman–Crippen LogP) is 5.67. The highest BCUT2D eigenvalue weighted by atomic mass is 14.6. The first-order valence-corrected chi connectivity index (χ1v) is 10.0. The molecular weight excluding hydrogens is 278 g/mol. The monoisotopic (exact) mass is 313 g/mol. The lowest BCUT2D eigenvalue weighted by Gasteiger charge is -2.27. The van der Waals surface area contributed by atoms with Crippen molar-refractivity contribution < 1.29 is 0 Å². The van der Waals surface area contributed by atoms with Gasteiger partial charge in [-0.3, -0.25) is 0 Å². The number of fused-ring (bicyclic) bond motifs is 1. The van der Waals surface area contributed by atoms with Crippen molar-refractivity contribution in [3.8, 4) is 0 Å². The summed E-state index contributed by atoms with van der Waals surface area (Å²) >= 11 is 0. The maximum atomic E-state index is 6.14. The molecule has 2 unspecified atom stereocenters. The third-order valence-electron chi connectivity index (χ3n) is 6.30. The molecule has 1 fully saturated rings. The summed E-state index contributed by atoms with van der Waals surface area (Å²) in [4.78, 5) is 0. The van der Waals surface area contributed by atoms with Crippen molar-refractivity contribution in [2.45, 2.75) is 96.4 Å². The van der Waals surface area contributed by atoms with E-state index in [1.165, 1.54) is 76.2 Å². The maximum Gasteiger partial charge on any atom is 0.00448 e. The molecule has 0 bridgehead atoms. The number of nitrogens with two attached hydrogens (primary N) is 1. The molecule has 128 valence electrons. The number of benzene rings is 1. The first-order chi connectivity index (χ1) is 11.2. The number of unbranched alkanes of at least 4 members (excludes halogenated alkanes) is 3. The predicted molar refractivity (Wildman–Crippen MR) is 100 cm³/mol. The van der Waals surface area contributed by atoms with Gasteiger partial charge in [-0.15, -0.1) is 0 Å². The number of aryl methyl sites for hydroxylation is 2. The molecule has 0 spiro atoms. The molecule has 3 atom stereocenters. The molecule has 23 heavy (non-hydrogen) atoms. The Bertz CT molecular complexity index is 519. The van der Waals surface area contributed by atoms with Gasteiger partial charge in [-0.2, -0.15) is 0 Å². The van der Waals surface area contributed by atoms with Crippen LogP contribution in [0.2, 0.25) is 0 Å². The van der Waals surface area contributed by atoms with Gasteiger partial charge < -0.3 is 5.73 Å². The van der Waals surface area contributed by atoms with Gasteiger partial charge in [0.25, 0.3) is 0 Å². The largest absolute Gasteiger partial charge is 0.328 e. The molecule has 0 aromatic heterocycles. The summed E-state index contributed by atoms with van der Waals surface area (Å²) in [5, 5.41) is 0. The van der Waals surface area contributed by atoms with Crippen LogP contribution in [0, 0.1) is 12.8 Å². The fraction of sp³-hybridized carbons (Fsp3) is 0.727. The minimum absolute atomic E-state index is 0.433. The molecule has 2 aliphatic carbocycles. The van der Waals surface area contributed by atoms with Crippen molar-refractivity contribution in [2.24, 2.45) is 11.7 Å². The molecule has 0 aliphatic heterocycles. The molecule has 0 heterocycles. The van der Waals surface area contributed by atoms with E-state index in [0.717, 1.165) is 11.8 Å². The van der Waals surface area contributed by atoms with E-state index in [1.807, 2.05) is 0 Å². The SMILES string of the molecule is CCCCCC[C@H]1CCc2cc(C3CCC(N)C3)c(C)cc2C1. The molecule has 1 nitrogen and oxygen atoms in total. The Morgan fingerprint density at radius 3 is 2.65 bits per heavy atom. The van der Waals surface area contributed by atoms with Crippen LogP contribution < -0.4 is 5.73 Å². The van der Waals surface area contributed by atoms with Crippen molar-refractivity contribution in [3.05, 3.63) is 34.4 Å². The average Bonchev–Trinajstić information content (AvgIpc) is 2.97. The standard InChI is InChI=1S/C22H35N/c1-3-4-5-6-7-17-8-9-18-15-22(16(2)12-20(18)13-17)19-10-11-21(23)14-19/h12,15,17,19,21H,3-11,13-14,23H2,1-2H3/t17-,19?,21?/m0/s1. The topological polar surface area (TPSA) is 26.0 Å². The molecule has 1 aromatic rings. The van der Waals surface area contributed by atoms with Gasteiger partial charge in [-0.25, -0.2) is 0 Å². The zero-order chi connectivity index (χ0) is 16.2. The Hall–Kier alpha value is -0.820. The minimum atomic E-state index is 0.433. The van der Waals surface area contributed by atoms with Gasteiger partial charge in [-0.05, 0) is 79.5 Å². The third kappa shape index (κ3) is 4.18. The summed E-state index contributed by atoms with van der Waals surface area (Å²) in [6, 6.07) is 5.51. The highest BCUT2D eigenvalue weighted by molar-refractivity contribution is 5.41. The summed E-state index contributed by atoms with van der Waals surface area (Å²) < 4.78 is 0. The summed E-state index contributed by atoms with van der Waals surface area (Å²) in [7, 11) is 0. The summed E-state index contributed by atoms with van der Waals surface area (Å²) in [6.45, 7) is 4.62. The Labute approximate surface area is 143 Å². The second-order valence-corrected chi connectivity index (χ2v) is 8.21. The van der Waals surface area contributed by atoms with Gasteiger partial charge in [0.05, 0.1) is 0 Å². The molecule has 0 radical (unpaired) electrons. The van der Waals surface area contributed by atoms with E-state index in [0.29, 0.717) is 6.04 Å². The van der Waals surface area contributed by atoms with Gasteiger partial charge >= 0.3 is 0 Å². The van der Waals surface area contributed by atoms with Crippen LogP contribution in [-0.4, -0.2) is 6.04 Å². The lowest BCUT2D eigenvalue weighted by atomic mass is 9.78. The van der Waals surface area contributed by atoms with Crippen LogP contribution >= 0.6 is 0 Å². The van der Waals surface area contributed by atoms with Crippen LogP contribution in [0.4, 0.5) is 0 Å². The number of hydrogen-bond donors (Lipinski definition) is 1. The van der Waals surface area contributed by atoms with Gasteiger partial charge in [0.2, 0.25) is 0 Å². The quantitative estimate of drug-likeness (QED) is 0.673. The van der Waals surface area contributed by atoms with Crippen molar-refractivity contribution in [1.29, 1.82) is 0 Å². The summed E-state index contributed by atoms with van der Waals surface area (Å²) in [5.41, 5.74) is 12.6. The molecule has 1 saturated carbocycles. The van der Waals surface area contributed by atoms with Crippen LogP contribution in [0.25, 0.3) is 0 Å². The van der Waals surface area contributed by atoms with Crippen molar-refractivity contribution in [1.82, 2.24) is 0 Å². The second kappa shape index (κ2) is 7.83. The molecule has 2 N–H and O–H groups in total. The smallest absolute Gasteiger partial charge is 0.00448 e. The van der Waals surface area contributed by atoms with E-state index in [-0.39, 0.29) is 0 Å². The molecule has 2 aliphatic rings. The summed E-state index contributed by atoms with van der Waals surface area (Å²) in [5.74, 6) is 1.66. The molecular formula is C22H35N. The molecule has 1 aromatic carbocycles. The Kier molecular flexibility index (Phi) is 5.80. The normalized spacial score (nSPS) is 27.2. The molecule has 3 rings (SSSR count). The van der Waals surface area contributed by atoms with E-state index in [9.17, 15) is 0 Å². The van der Waals surface area contributed by atoms with E-state index in [4.69, 9.17) is 5.73 Å². The maximum absolute atomic E-state index is 6.14. The zero-order valence-corrected chi connectivity index (χ0v) is 15.2. The number of hydrogen-bond acceptors (Lipinski definition) is 1. The zero-order valence-electron chi connectivity index (χ0n) is 15.2. The third-order valence-corrected chi connectivity index (χ3v) is 6.30. The van der Waals surface area contributed by atoms with E-state index >= 15 is 0 Å². The van der Waals surface area contributed by atoms with Gasteiger partial charge in [0, 0.05) is 6.04 Å². The van der Waals surface area contributed by atoms with Crippen molar-refractivity contribution in [2.75, 3.05) is 0 Å². The second-order valence-electron chi connectivity index (χ2n) is 8.21. The van der Waals surface area contributed by atoms with Gasteiger partial charge in [0.1, 0.15) is 0 Å². The van der Waals surface area contributed by atoms with E-state index < -0.39 is 0 Å². The van der Waals surface area contributed by atoms with Crippen LogP contribution in [-0.2, 0) is 12.8 Å². The average molecular weight is 314 g/mol.